The molecule has 0 fully saturated rings. The minimum Gasteiger partial charge on any atom is -0.479 e. The summed E-state index contributed by atoms with van der Waals surface area (Å²) in [5.41, 5.74) is -0.772. The zero-order valence-electron chi connectivity index (χ0n) is 6.38. The number of likely N-dealkylation sites (N-methyl/N-ethyl adjacent to an activating group) is 1. The number of nitrogens with one attached hydrogen (secondary N) is 1. The molecule has 3 N–H and O–H groups in total. The summed E-state index contributed by atoms with van der Waals surface area (Å²) in [5, 5.41) is 20.0. The van der Waals surface area contributed by atoms with Crippen LogP contribution in [0.25, 0.3) is 0 Å². The van der Waals surface area contributed by atoms with Gasteiger partial charge >= 0.3 is 5.97 Å². The molecular weight excluding hydrogens is 134 g/mol. The Balaban J connectivity index is 4.17. The van der Waals surface area contributed by atoms with Crippen LogP contribution in [0.3, 0.4) is 0 Å². The molecule has 4 heteroatoms. The Labute approximate surface area is 59.9 Å². The van der Waals surface area contributed by atoms with Crippen molar-refractivity contribution in [2.45, 2.75) is 25.5 Å². The Bertz CT molecular complexity index is 133. The van der Waals surface area contributed by atoms with Gasteiger partial charge in [0.25, 0.3) is 0 Å². The number of rotatable bonds is 3. The number of carbonyl (C=O) groups is 1. The first-order valence-electron chi connectivity index (χ1n) is 3.01. The summed E-state index contributed by atoms with van der Waals surface area (Å²) in [6.07, 6.45) is -1.36. The van der Waals surface area contributed by atoms with Crippen molar-refractivity contribution in [3.8, 4) is 0 Å². The second kappa shape index (κ2) is 2.98. The number of hydrogen-bond acceptors (Lipinski definition) is 3. The predicted octanol–water partition coefficient (Wildman–Crippen LogP) is -0.570. The van der Waals surface area contributed by atoms with E-state index in [1.54, 1.807) is 20.9 Å². The molecule has 0 aliphatic carbocycles. The minimum atomic E-state index is -1.36. The number of aliphatic hydroxyl groups excluding tert-OH is 1. The van der Waals surface area contributed by atoms with Gasteiger partial charge in [-0.25, -0.2) is 4.79 Å². The van der Waals surface area contributed by atoms with Gasteiger partial charge < -0.3 is 15.5 Å². The Morgan fingerprint density at radius 3 is 2.10 bits per heavy atom. The summed E-state index contributed by atoms with van der Waals surface area (Å²) in [5.74, 6) is -1.21. The topological polar surface area (TPSA) is 69.6 Å². The van der Waals surface area contributed by atoms with Gasteiger partial charge in [-0.3, -0.25) is 0 Å². The van der Waals surface area contributed by atoms with E-state index in [1.807, 2.05) is 0 Å². The molecule has 60 valence electrons. The third-order valence-corrected chi connectivity index (χ3v) is 1.56. The van der Waals surface area contributed by atoms with Crippen LogP contribution >= 0.6 is 0 Å². The first-order valence-corrected chi connectivity index (χ1v) is 3.01. The lowest BCUT2D eigenvalue weighted by molar-refractivity contribution is -0.150. The minimum absolute atomic E-state index is 0.772. The van der Waals surface area contributed by atoms with Gasteiger partial charge in [0.05, 0.1) is 0 Å². The zero-order chi connectivity index (χ0) is 8.36. The fourth-order valence-electron chi connectivity index (χ4n) is 0.445. The van der Waals surface area contributed by atoms with Gasteiger partial charge in [-0.2, -0.15) is 0 Å². The van der Waals surface area contributed by atoms with Gasteiger partial charge in [0.2, 0.25) is 0 Å². The van der Waals surface area contributed by atoms with Gasteiger partial charge in [-0.05, 0) is 20.9 Å². The summed E-state index contributed by atoms with van der Waals surface area (Å²) in [7, 11) is 1.60. The van der Waals surface area contributed by atoms with Gasteiger partial charge in [0, 0.05) is 5.54 Å². The molecule has 10 heavy (non-hydrogen) atoms. The highest BCUT2D eigenvalue weighted by Crippen LogP contribution is 2.07. The molecule has 0 aliphatic heterocycles. The molecule has 0 radical (unpaired) electrons. The molecular formula is C6H13NO3. The fraction of sp³-hybridized carbons (Fsp3) is 0.833. The molecule has 1 atom stereocenters. The average Bonchev–Trinajstić information content (AvgIpc) is 1.86. The SMILES string of the molecule is CNC(C)(C)C(O)C(=O)O. The number of aliphatic carboxylic acids is 1. The van der Waals surface area contributed by atoms with Crippen LogP contribution in [0.1, 0.15) is 13.8 Å². The Morgan fingerprint density at radius 2 is 2.00 bits per heavy atom. The second-order valence-corrected chi connectivity index (χ2v) is 2.71. The molecule has 4 nitrogen and oxygen atoms in total. The molecule has 0 saturated carbocycles. The van der Waals surface area contributed by atoms with Crippen LogP contribution in [0.15, 0.2) is 0 Å². The van der Waals surface area contributed by atoms with Crippen molar-refractivity contribution < 1.29 is 15.0 Å². The lowest BCUT2D eigenvalue weighted by Gasteiger charge is -2.26. The van der Waals surface area contributed by atoms with Crippen LogP contribution in [0.5, 0.6) is 0 Å². The van der Waals surface area contributed by atoms with Crippen molar-refractivity contribution >= 4 is 5.97 Å². The predicted molar refractivity (Wildman–Crippen MR) is 36.8 cm³/mol. The van der Waals surface area contributed by atoms with Crippen molar-refractivity contribution in [3.05, 3.63) is 0 Å². The van der Waals surface area contributed by atoms with Crippen molar-refractivity contribution in [1.29, 1.82) is 0 Å². The number of aliphatic hydroxyl groups is 1. The number of carboxylic acids is 1. The summed E-state index contributed by atoms with van der Waals surface area (Å²) < 4.78 is 0. The van der Waals surface area contributed by atoms with E-state index in [0.29, 0.717) is 0 Å². The van der Waals surface area contributed by atoms with E-state index >= 15 is 0 Å². The number of hydrogen-bond donors (Lipinski definition) is 3. The molecule has 0 heterocycles. The average molecular weight is 147 g/mol. The van der Waals surface area contributed by atoms with Crippen LogP contribution in [-0.2, 0) is 4.79 Å². The van der Waals surface area contributed by atoms with Crippen LogP contribution in [-0.4, -0.2) is 34.9 Å². The smallest absolute Gasteiger partial charge is 0.334 e. The maximum absolute atomic E-state index is 10.2. The fourth-order valence-corrected chi connectivity index (χ4v) is 0.445. The molecule has 0 amide bonds. The maximum atomic E-state index is 10.2. The monoisotopic (exact) mass is 147 g/mol. The van der Waals surface area contributed by atoms with Crippen LogP contribution in [0, 0.1) is 0 Å². The summed E-state index contributed by atoms with van der Waals surface area (Å²) >= 11 is 0. The van der Waals surface area contributed by atoms with Crippen LogP contribution in [0.2, 0.25) is 0 Å². The van der Waals surface area contributed by atoms with E-state index in [9.17, 15) is 4.79 Å². The highest BCUT2D eigenvalue weighted by atomic mass is 16.4. The Kier molecular flexibility index (Phi) is 2.80. The van der Waals surface area contributed by atoms with Crippen molar-refractivity contribution in [2.24, 2.45) is 0 Å². The van der Waals surface area contributed by atoms with Crippen LogP contribution < -0.4 is 5.32 Å². The van der Waals surface area contributed by atoms with Gasteiger partial charge in [-0.15, -0.1) is 0 Å². The van der Waals surface area contributed by atoms with E-state index in [1.165, 1.54) is 0 Å². The first kappa shape index (κ1) is 9.39. The number of carboxylic acid groups (broad SMARTS) is 1. The van der Waals surface area contributed by atoms with Gasteiger partial charge in [0.1, 0.15) is 0 Å². The highest BCUT2D eigenvalue weighted by molar-refractivity contribution is 5.73. The molecule has 0 aromatic rings. The van der Waals surface area contributed by atoms with E-state index in [0.717, 1.165) is 0 Å². The quantitative estimate of drug-likeness (QED) is 0.500. The van der Waals surface area contributed by atoms with Crippen molar-refractivity contribution in [3.63, 3.8) is 0 Å². The van der Waals surface area contributed by atoms with Crippen molar-refractivity contribution in [1.82, 2.24) is 5.32 Å². The summed E-state index contributed by atoms with van der Waals surface area (Å²) in [4.78, 5) is 10.2. The first-order chi connectivity index (χ1) is 4.41. The molecule has 0 aromatic carbocycles. The molecule has 0 aromatic heterocycles. The van der Waals surface area contributed by atoms with Gasteiger partial charge in [-0.1, -0.05) is 0 Å². The van der Waals surface area contributed by atoms with Gasteiger partial charge in [0.15, 0.2) is 6.10 Å². The molecule has 0 aliphatic rings. The van der Waals surface area contributed by atoms with Crippen molar-refractivity contribution in [2.75, 3.05) is 7.05 Å². The summed E-state index contributed by atoms with van der Waals surface area (Å²) in [6, 6.07) is 0. The normalized spacial score (nSPS) is 14.8. The van der Waals surface area contributed by atoms with E-state index in [2.05, 4.69) is 5.32 Å². The Hall–Kier alpha value is -0.610. The van der Waals surface area contributed by atoms with E-state index in [4.69, 9.17) is 10.2 Å². The van der Waals surface area contributed by atoms with E-state index in [-0.39, 0.29) is 0 Å². The third-order valence-electron chi connectivity index (χ3n) is 1.56. The third kappa shape index (κ3) is 1.97. The molecule has 0 saturated heterocycles. The largest absolute Gasteiger partial charge is 0.479 e. The maximum Gasteiger partial charge on any atom is 0.334 e. The molecule has 0 bridgehead atoms. The van der Waals surface area contributed by atoms with E-state index < -0.39 is 17.6 Å². The molecule has 0 rings (SSSR count). The lowest BCUT2D eigenvalue weighted by Crippen LogP contribution is -2.51. The standard InChI is InChI=1S/C6H13NO3/c1-6(2,7-3)4(8)5(9)10/h4,7-8H,1-3H3,(H,9,10). The highest BCUT2D eigenvalue weighted by Gasteiger charge is 2.31. The zero-order valence-corrected chi connectivity index (χ0v) is 6.38. The molecule has 0 spiro atoms. The second-order valence-electron chi connectivity index (χ2n) is 2.71. The Morgan fingerprint density at radius 1 is 1.60 bits per heavy atom. The summed E-state index contributed by atoms with van der Waals surface area (Å²) in [6.45, 7) is 3.23. The lowest BCUT2D eigenvalue weighted by atomic mass is 9.98. The van der Waals surface area contributed by atoms with Crippen LogP contribution in [0.4, 0.5) is 0 Å². The molecule has 1 unspecified atom stereocenters.